The van der Waals surface area contributed by atoms with Crippen molar-refractivity contribution in [1.82, 2.24) is 4.98 Å². The molecule has 0 aromatic carbocycles. The number of rotatable bonds is 1. The molecule has 0 amide bonds. The standard InChI is InChI=1S/C15H13NS.C2H6/c1-11-5-7-12-10-15(17-14(12)8-6-11)13-4-2-3-9-16-13;1-2/h2-11H,1H3;1-2H3. The largest absolute Gasteiger partial charge is 0.255 e. The molecular formula is C17H19NS. The monoisotopic (exact) mass is 269 g/mol. The van der Waals surface area contributed by atoms with Crippen molar-refractivity contribution < 1.29 is 0 Å². The molecule has 1 aliphatic carbocycles. The first-order valence-corrected chi connectivity index (χ1v) is 7.56. The topological polar surface area (TPSA) is 12.9 Å². The molecule has 2 heterocycles. The van der Waals surface area contributed by atoms with Crippen molar-refractivity contribution in [2.45, 2.75) is 20.8 Å². The highest BCUT2D eigenvalue weighted by atomic mass is 32.1. The van der Waals surface area contributed by atoms with E-state index >= 15 is 0 Å². The lowest BCUT2D eigenvalue weighted by molar-refractivity contribution is 0.954. The lowest BCUT2D eigenvalue weighted by Gasteiger charge is -1.94. The summed E-state index contributed by atoms with van der Waals surface area (Å²) in [4.78, 5) is 6.95. The van der Waals surface area contributed by atoms with Crippen LogP contribution in [0.15, 0.2) is 42.6 Å². The molecule has 0 spiro atoms. The summed E-state index contributed by atoms with van der Waals surface area (Å²) in [6.45, 7) is 6.20. The molecule has 0 saturated heterocycles. The highest BCUT2D eigenvalue weighted by Gasteiger charge is 2.09. The normalized spacial score (nSPS) is 16.3. The summed E-state index contributed by atoms with van der Waals surface area (Å²) in [5, 5.41) is 0. The number of nitrogens with zero attached hydrogens (tertiary/aromatic N) is 1. The zero-order valence-electron chi connectivity index (χ0n) is 11.6. The molecule has 1 nitrogen and oxygen atoms in total. The first kappa shape index (κ1) is 13.8. The van der Waals surface area contributed by atoms with Gasteiger partial charge in [0, 0.05) is 11.1 Å². The van der Waals surface area contributed by atoms with Crippen molar-refractivity contribution in [3.8, 4) is 10.6 Å². The quantitative estimate of drug-likeness (QED) is 0.665. The van der Waals surface area contributed by atoms with Gasteiger partial charge in [-0.3, -0.25) is 4.98 Å². The third-order valence-electron chi connectivity index (χ3n) is 2.84. The Morgan fingerprint density at radius 1 is 1.11 bits per heavy atom. The van der Waals surface area contributed by atoms with Gasteiger partial charge in [-0.25, -0.2) is 0 Å². The molecule has 0 saturated carbocycles. The van der Waals surface area contributed by atoms with Crippen LogP contribution in [0.2, 0.25) is 0 Å². The second kappa shape index (κ2) is 6.48. The Kier molecular flexibility index (Phi) is 4.69. The van der Waals surface area contributed by atoms with E-state index in [1.807, 2.05) is 32.2 Å². The Hall–Kier alpha value is -1.67. The van der Waals surface area contributed by atoms with Crippen LogP contribution in [-0.2, 0) is 0 Å². The smallest absolute Gasteiger partial charge is 0.0802 e. The molecule has 1 atom stereocenters. The number of aromatic nitrogens is 1. The van der Waals surface area contributed by atoms with Gasteiger partial charge in [0.25, 0.3) is 0 Å². The molecule has 2 aromatic rings. The van der Waals surface area contributed by atoms with Crippen LogP contribution in [0.5, 0.6) is 0 Å². The maximum absolute atomic E-state index is 4.39. The Morgan fingerprint density at radius 2 is 1.89 bits per heavy atom. The van der Waals surface area contributed by atoms with E-state index in [-0.39, 0.29) is 0 Å². The minimum absolute atomic E-state index is 0.521. The van der Waals surface area contributed by atoms with E-state index in [4.69, 9.17) is 0 Å². The predicted molar refractivity (Wildman–Crippen MR) is 86.1 cm³/mol. The molecule has 1 unspecified atom stereocenters. The van der Waals surface area contributed by atoms with E-state index in [1.54, 1.807) is 11.3 Å². The molecule has 0 bridgehead atoms. The van der Waals surface area contributed by atoms with Gasteiger partial charge in [0.2, 0.25) is 0 Å². The van der Waals surface area contributed by atoms with Crippen molar-refractivity contribution in [3.63, 3.8) is 0 Å². The van der Waals surface area contributed by atoms with Crippen LogP contribution in [0.1, 0.15) is 31.2 Å². The molecule has 0 aliphatic heterocycles. The van der Waals surface area contributed by atoms with Gasteiger partial charge in [-0.1, -0.05) is 45.1 Å². The summed E-state index contributed by atoms with van der Waals surface area (Å²) in [5.41, 5.74) is 2.36. The van der Waals surface area contributed by atoms with Crippen LogP contribution >= 0.6 is 11.3 Å². The number of fused-ring (bicyclic) bond motifs is 1. The van der Waals surface area contributed by atoms with E-state index in [0.29, 0.717) is 5.92 Å². The number of hydrogen-bond donors (Lipinski definition) is 0. The van der Waals surface area contributed by atoms with E-state index < -0.39 is 0 Å². The molecule has 0 radical (unpaired) electrons. The molecule has 0 fully saturated rings. The summed E-state index contributed by atoms with van der Waals surface area (Å²) in [6, 6.07) is 8.26. The highest BCUT2D eigenvalue weighted by Crippen LogP contribution is 2.33. The molecule has 3 rings (SSSR count). The third kappa shape index (κ3) is 3.21. The number of hydrogen-bond acceptors (Lipinski definition) is 2. The van der Waals surface area contributed by atoms with Gasteiger partial charge in [-0.15, -0.1) is 11.3 Å². The third-order valence-corrected chi connectivity index (χ3v) is 3.98. The summed E-state index contributed by atoms with van der Waals surface area (Å²) in [6.07, 6.45) is 10.7. The van der Waals surface area contributed by atoms with Crippen molar-refractivity contribution in [2.24, 2.45) is 5.92 Å². The molecule has 0 N–H and O–H groups in total. The first-order valence-electron chi connectivity index (χ1n) is 6.74. The van der Waals surface area contributed by atoms with Crippen LogP contribution in [0, 0.1) is 5.92 Å². The van der Waals surface area contributed by atoms with Crippen molar-refractivity contribution >= 4 is 23.5 Å². The lowest BCUT2D eigenvalue weighted by atomic mass is 10.1. The molecule has 98 valence electrons. The first-order chi connectivity index (χ1) is 9.33. The van der Waals surface area contributed by atoms with Gasteiger partial charge in [-0.05, 0) is 35.8 Å². The highest BCUT2D eigenvalue weighted by molar-refractivity contribution is 7.16. The SMILES string of the molecule is CC.CC1C=Cc2cc(-c3ccccn3)sc2C=C1. The maximum Gasteiger partial charge on any atom is 0.0802 e. The Balaban J connectivity index is 0.000000637. The predicted octanol–water partition coefficient (Wildman–Crippen LogP) is 5.51. The second-order valence-corrected chi connectivity index (χ2v) is 5.31. The minimum atomic E-state index is 0.521. The van der Waals surface area contributed by atoms with Crippen molar-refractivity contribution in [2.75, 3.05) is 0 Å². The fourth-order valence-corrected chi connectivity index (χ4v) is 2.91. The number of pyridine rings is 1. The van der Waals surface area contributed by atoms with Gasteiger partial charge < -0.3 is 0 Å². The Labute approximate surface area is 119 Å². The molecule has 2 heteroatoms. The zero-order valence-corrected chi connectivity index (χ0v) is 12.4. The average molecular weight is 269 g/mol. The van der Waals surface area contributed by atoms with E-state index in [1.165, 1.54) is 15.3 Å². The van der Waals surface area contributed by atoms with E-state index in [0.717, 1.165) is 5.69 Å². The van der Waals surface area contributed by atoms with Gasteiger partial charge in [0.1, 0.15) is 0 Å². The second-order valence-electron chi connectivity index (χ2n) is 4.22. The minimum Gasteiger partial charge on any atom is -0.255 e. The summed E-state index contributed by atoms with van der Waals surface area (Å²) < 4.78 is 0. The maximum atomic E-state index is 4.39. The van der Waals surface area contributed by atoms with Crippen LogP contribution in [-0.4, -0.2) is 4.98 Å². The number of allylic oxidation sites excluding steroid dienone is 2. The average Bonchev–Trinajstić information content (AvgIpc) is 2.81. The van der Waals surface area contributed by atoms with Gasteiger partial charge in [-0.2, -0.15) is 0 Å². The lowest BCUT2D eigenvalue weighted by Crippen LogP contribution is -1.78. The molecule has 19 heavy (non-hydrogen) atoms. The van der Waals surface area contributed by atoms with Gasteiger partial charge in [0.15, 0.2) is 0 Å². The van der Waals surface area contributed by atoms with E-state index in [9.17, 15) is 0 Å². The fraction of sp³-hybridized carbons (Fsp3) is 0.235. The summed E-state index contributed by atoms with van der Waals surface area (Å²) in [7, 11) is 0. The summed E-state index contributed by atoms with van der Waals surface area (Å²) in [5.74, 6) is 0.521. The Bertz CT molecular complexity index is 547. The summed E-state index contributed by atoms with van der Waals surface area (Å²) >= 11 is 1.80. The molecule has 2 aromatic heterocycles. The van der Waals surface area contributed by atoms with Crippen LogP contribution in [0.25, 0.3) is 22.7 Å². The Morgan fingerprint density at radius 3 is 2.63 bits per heavy atom. The molecule has 1 aliphatic rings. The van der Waals surface area contributed by atoms with Crippen molar-refractivity contribution in [1.29, 1.82) is 0 Å². The van der Waals surface area contributed by atoms with Crippen LogP contribution < -0.4 is 0 Å². The van der Waals surface area contributed by atoms with Crippen LogP contribution in [0.4, 0.5) is 0 Å². The fourth-order valence-electron chi connectivity index (χ4n) is 1.87. The number of thiophene rings is 1. The zero-order chi connectivity index (χ0) is 13.7. The van der Waals surface area contributed by atoms with Crippen LogP contribution in [0.3, 0.4) is 0 Å². The molecular weight excluding hydrogens is 250 g/mol. The van der Waals surface area contributed by atoms with Crippen molar-refractivity contribution in [3.05, 3.63) is 53.1 Å². The van der Waals surface area contributed by atoms with E-state index in [2.05, 4.69) is 48.3 Å². The van der Waals surface area contributed by atoms with Gasteiger partial charge >= 0.3 is 0 Å². The van der Waals surface area contributed by atoms with Gasteiger partial charge in [0.05, 0.1) is 10.6 Å².